The van der Waals surface area contributed by atoms with Crippen molar-refractivity contribution in [3.05, 3.63) is 23.8 Å². The average molecular weight is 295 g/mol. The lowest BCUT2D eigenvalue weighted by Crippen LogP contribution is -2.38. The van der Waals surface area contributed by atoms with Crippen LogP contribution in [0.15, 0.2) is 23.1 Å². The molecule has 0 aliphatic heterocycles. The van der Waals surface area contributed by atoms with Crippen LogP contribution in [-0.2, 0) is 10.0 Å². The number of hydrogen-bond donors (Lipinski definition) is 2. The Labute approximate surface area is 110 Å². The maximum absolute atomic E-state index is 12.8. The van der Waals surface area contributed by atoms with E-state index in [1.165, 1.54) is 25.3 Å². The summed E-state index contributed by atoms with van der Waals surface area (Å²) in [5, 5.41) is 8.37. The number of benzene rings is 1. The molecule has 8 heteroatoms. The third kappa shape index (κ3) is 4.12. The van der Waals surface area contributed by atoms with E-state index in [0.717, 1.165) is 0 Å². The molecule has 2 N–H and O–H groups in total. The SMILES string of the molecule is COc1ccc(S(=O)(=O)NCC(F)(F)CO)cc1C. The van der Waals surface area contributed by atoms with E-state index >= 15 is 0 Å². The number of nitrogens with one attached hydrogen (secondary N) is 1. The van der Waals surface area contributed by atoms with Crippen LogP contribution in [0.2, 0.25) is 0 Å². The molecule has 0 spiro atoms. The second kappa shape index (κ2) is 5.81. The molecule has 0 unspecified atom stereocenters. The largest absolute Gasteiger partial charge is 0.496 e. The van der Waals surface area contributed by atoms with E-state index in [-0.39, 0.29) is 4.90 Å². The van der Waals surface area contributed by atoms with Gasteiger partial charge in [-0.25, -0.2) is 21.9 Å². The van der Waals surface area contributed by atoms with Gasteiger partial charge in [0.2, 0.25) is 10.0 Å². The zero-order chi connectivity index (χ0) is 14.7. The van der Waals surface area contributed by atoms with Crippen molar-refractivity contribution in [3.8, 4) is 5.75 Å². The lowest BCUT2D eigenvalue weighted by atomic mass is 10.2. The van der Waals surface area contributed by atoms with Gasteiger partial charge < -0.3 is 9.84 Å². The minimum atomic E-state index is -4.05. The summed E-state index contributed by atoms with van der Waals surface area (Å²) in [6.45, 7) is -0.936. The molecule has 0 fully saturated rings. The second-order valence-electron chi connectivity index (χ2n) is 3.97. The number of halogens is 2. The molecule has 0 aliphatic carbocycles. The van der Waals surface area contributed by atoms with Crippen molar-refractivity contribution in [2.45, 2.75) is 17.7 Å². The molecule has 108 valence electrons. The van der Waals surface area contributed by atoms with Crippen LogP contribution >= 0.6 is 0 Å². The normalized spacial score (nSPS) is 12.5. The van der Waals surface area contributed by atoms with Crippen LogP contribution in [0.25, 0.3) is 0 Å². The fourth-order valence-electron chi connectivity index (χ4n) is 1.36. The minimum absolute atomic E-state index is 0.139. The number of hydrogen-bond acceptors (Lipinski definition) is 4. The topological polar surface area (TPSA) is 75.6 Å². The Morgan fingerprint density at radius 3 is 2.53 bits per heavy atom. The zero-order valence-corrected chi connectivity index (χ0v) is 11.3. The molecular weight excluding hydrogens is 280 g/mol. The summed E-state index contributed by atoms with van der Waals surface area (Å²) in [5.41, 5.74) is 0.569. The number of methoxy groups -OCH3 is 1. The number of ether oxygens (including phenoxy) is 1. The maximum Gasteiger partial charge on any atom is 0.283 e. The number of aliphatic hydroxyl groups excluding tert-OH is 1. The zero-order valence-electron chi connectivity index (χ0n) is 10.5. The standard InChI is InChI=1S/C11H15F2NO4S/c1-8-5-9(3-4-10(8)18-2)19(16,17)14-6-11(12,13)7-15/h3-5,14-15H,6-7H2,1-2H3. The molecule has 1 rings (SSSR count). The van der Waals surface area contributed by atoms with Gasteiger partial charge in [0.15, 0.2) is 0 Å². The molecule has 5 nitrogen and oxygen atoms in total. The summed E-state index contributed by atoms with van der Waals surface area (Å²) in [5.74, 6) is -2.99. The van der Waals surface area contributed by atoms with Gasteiger partial charge in [0.25, 0.3) is 5.92 Å². The molecule has 0 atom stereocenters. The molecule has 1 aromatic carbocycles. The lowest BCUT2D eigenvalue weighted by Gasteiger charge is -2.14. The average Bonchev–Trinajstić information content (AvgIpc) is 2.36. The van der Waals surface area contributed by atoms with E-state index in [1.54, 1.807) is 11.6 Å². The van der Waals surface area contributed by atoms with Crippen LogP contribution in [-0.4, -0.2) is 39.7 Å². The van der Waals surface area contributed by atoms with Gasteiger partial charge in [-0.15, -0.1) is 0 Å². The highest BCUT2D eigenvalue weighted by Gasteiger charge is 2.30. The van der Waals surface area contributed by atoms with E-state index in [1.807, 2.05) is 0 Å². The van der Waals surface area contributed by atoms with Crippen LogP contribution in [0.5, 0.6) is 5.75 Å². The number of alkyl halides is 2. The quantitative estimate of drug-likeness (QED) is 0.818. The van der Waals surface area contributed by atoms with Crippen molar-refractivity contribution in [1.29, 1.82) is 0 Å². The van der Waals surface area contributed by atoms with Crippen LogP contribution < -0.4 is 9.46 Å². The van der Waals surface area contributed by atoms with Crippen LogP contribution in [0, 0.1) is 6.92 Å². The molecule has 0 amide bonds. The number of aryl methyl sites for hydroxylation is 1. The first-order chi connectivity index (χ1) is 8.72. The van der Waals surface area contributed by atoms with Crippen LogP contribution in [0.1, 0.15) is 5.56 Å². The van der Waals surface area contributed by atoms with E-state index in [9.17, 15) is 17.2 Å². The Hall–Kier alpha value is -1.25. The van der Waals surface area contributed by atoms with E-state index < -0.39 is 29.1 Å². The number of aliphatic hydroxyl groups is 1. The summed E-state index contributed by atoms with van der Waals surface area (Å²) in [6.07, 6.45) is 0. The van der Waals surface area contributed by atoms with Crippen LogP contribution in [0.3, 0.4) is 0 Å². The monoisotopic (exact) mass is 295 g/mol. The first kappa shape index (κ1) is 15.8. The molecular formula is C11H15F2NO4S. The van der Waals surface area contributed by atoms with Crippen molar-refractivity contribution in [2.24, 2.45) is 0 Å². The highest BCUT2D eigenvalue weighted by molar-refractivity contribution is 7.89. The molecule has 0 bridgehead atoms. The molecule has 0 heterocycles. The maximum atomic E-state index is 12.8. The van der Waals surface area contributed by atoms with Gasteiger partial charge >= 0.3 is 0 Å². The van der Waals surface area contributed by atoms with Crippen molar-refractivity contribution in [1.82, 2.24) is 4.72 Å². The van der Waals surface area contributed by atoms with Gasteiger partial charge in [0.1, 0.15) is 12.4 Å². The Bertz CT molecular complexity index is 546. The Balaban J connectivity index is 2.92. The van der Waals surface area contributed by atoms with Gasteiger partial charge in [-0.1, -0.05) is 0 Å². The second-order valence-corrected chi connectivity index (χ2v) is 5.74. The fourth-order valence-corrected chi connectivity index (χ4v) is 2.50. The van der Waals surface area contributed by atoms with Crippen LogP contribution in [0.4, 0.5) is 8.78 Å². The lowest BCUT2D eigenvalue weighted by molar-refractivity contribution is -0.0437. The first-order valence-electron chi connectivity index (χ1n) is 5.35. The van der Waals surface area contributed by atoms with Crippen molar-refractivity contribution >= 4 is 10.0 Å². The van der Waals surface area contributed by atoms with Crippen molar-refractivity contribution in [3.63, 3.8) is 0 Å². The molecule has 19 heavy (non-hydrogen) atoms. The molecule has 0 radical (unpaired) electrons. The van der Waals surface area contributed by atoms with Crippen molar-refractivity contribution in [2.75, 3.05) is 20.3 Å². The first-order valence-corrected chi connectivity index (χ1v) is 6.83. The number of rotatable bonds is 6. The highest BCUT2D eigenvalue weighted by Crippen LogP contribution is 2.21. The smallest absolute Gasteiger partial charge is 0.283 e. The predicted octanol–water partition coefficient (Wildman–Crippen LogP) is 0.910. The molecule has 0 aliphatic rings. The summed E-state index contributed by atoms with van der Waals surface area (Å²) in [6, 6.07) is 4.01. The van der Waals surface area contributed by atoms with Crippen molar-refractivity contribution < 1.29 is 27.0 Å². The Kier molecular flexibility index (Phi) is 4.83. The van der Waals surface area contributed by atoms with E-state index in [2.05, 4.69) is 0 Å². The van der Waals surface area contributed by atoms with Gasteiger partial charge in [-0.2, -0.15) is 0 Å². The molecule has 0 saturated heterocycles. The van der Waals surface area contributed by atoms with Gasteiger partial charge in [-0.05, 0) is 30.7 Å². The fraction of sp³-hybridized carbons (Fsp3) is 0.455. The molecule has 0 saturated carbocycles. The summed E-state index contributed by atoms with van der Waals surface area (Å²) < 4.78 is 55.9. The summed E-state index contributed by atoms with van der Waals surface area (Å²) in [7, 11) is -2.61. The molecule has 1 aromatic rings. The van der Waals surface area contributed by atoms with Gasteiger partial charge in [0, 0.05) is 0 Å². The number of sulfonamides is 1. The highest BCUT2D eigenvalue weighted by atomic mass is 32.2. The van der Waals surface area contributed by atoms with E-state index in [0.29, 0.717) is 11.3 Å². The minimum Gasteiger partial charge on any atom is -0.496 e. The van der Waals surface area contributed by atoms with Gasteiger partial charge in [0.05, 0.1) is 18.6 Å². The molecule has 0 aromatic heterocycles. The summed E-state index contributed by atoms with van der Waals surface area (Å²) in [4.78, 5) is -0.139. The Morgan fingerprint density at radius 1 is 1.42 bits per heavy atom. The predicted molar refractivity (Wildman–Crippen MR) is 65.0 cm³/mol. The Morgan fingerprint density at radius 2 is 2.05 bits per heavy atom. The third-order valence-electron chi connectivity index (χ3n) is 2.43. The van der Waals surface area contributed by atoms with E-state index in [4.69, 9.17) is 9.84 Å². The third-order valence-corrected chi connectivity index (χ3v) is 3.83. The summed E-state index contributed by atoms with van der Waals surface area (Å²) >= 11 is 0. The van der Waals surface area contributed by atoms with Gasteiger partial charge in [-0.3, -0.25) is 0 Å².